The van der Waals surface area contributed by atoms with E-state index in [2.05, 4.69) is 25.5 Å². The molecule has 7 heteroatoms. The number of carbonyl (C=O) groups is 1. The number of hydrogen-bond acceptors (Lipinski definition) is 5. The van der Waals surface area contributed by atoms with Gasteiger partial charge in [-0.05, 0) is 12.1 Å². The highest BCUT2D eigenvalue weighted by atomic mass is 16.2. The van der Waals surface area contributed by atoms with Crippen molar-refractivity contribution in [2.24, 2.45) is 0 Å². The highest BCUT2D eigenvalue weighted by Crippen LogP contribution is 2.20. The van der Waals surface area contributed by atoms with Crippen molar-refractivity contribution in [3.63, 3.8) is 0 Å². The summed E-state index contributed by atoms with van der Waals surface area (Å²) in [7, 11) is 3.72. The minimum absolute atomic E-state index is 0.130. The molecule has 0 fully saturated rings. The number of pyridine rings is 1. The lowest BCUT2D eigenvalue weighted by molar-refractivity contribution is 0.101. The van der Waals surface area contributed by atoms with E-state index >= 15 is 0 Å². The fourth-order valence-corrected chi connectivity index (χ4v) is 1.58. The van der Waals surface area contributed by atoms with Crippen molar-refractivity contribution in [1.82, 2.24) is 20.2 Å². The number of anilines is 2. The molecule has 0 aliphatic carbocycles. The molecule has 0 atom stereocenters. The third-order valence-corrected chi connectivity index (χ3v) is 2.53. The van der Waals surface area contributed by atoms with Gasteiger partial charge >= 0.3 is 0 Å². The second kappa shape index (κ2) is 5.47. The van der Waals surface area contributed by atoms with E-state index in [1.807, 2.05) is 25.9 Å². The van der Waals surface area contributed by atoms with Crippen LogP contribution in [0.2, 0.25) is 0 Å². The summed E-state index contributed by atoms with van der Waals surface area (Å²) in [5, 5.41) is 9.34. The van der Waals surface area contributed by atoms with Crippen LogP contribution in [0.25, 0.3) is 0 Å². The van der Waals surface area contributed by atoms with Crippen LogP contribution in [0.5, 0.6) is 0 Å². The quantitative estimate of drug-likeness (QED) is 0.859. The lowest BCUT2D eigenvalue weighted by atomic mass is 10.3. The Morgan fingerprint density at radius 1 is 1.47 bits per heavy atom. The van der Waals surface area contributed by atoms with Crippen molar-refractivity contribution in [3.05, 3.63) is 30.0 Å². The van der Waals surface area contributed by atoms with E-state index in [1.54, 1.807) is 18.3 Å². The zero-order valence-corrected chi connectivity index (χ0v) is 11.1. The highest BCUT2D eigenvalue weighted by Gasteiger charge is 2.14. The van der Waals surface area contributed by atoms with E-state index in [0.717, 1.165) is 0 Å². The van der Waals surface area contributed by atoms with Crippen molar-refractivity contribution >= 4 is 17.4 Å². The van der Waals surface area contributed by atoms with E-state index in [-0.39, 0.29) is 11.7 Å². The monoisotopic (exact) mass is 260 g/mol. The number of H-pyrrole nitrogens is 1. The smallest absolute Gasteiger partial charge is 0.295 e. The molecule has 7 nitrogen and oxygen atoms in total. The summed E-state index contributed by atoms with van der Waals surface area (Å²) in [5.41, 5.74) is 0.625. The van der Waals surface area contributed by atoms with E-state index in [0.29, 0.717) is 23.8 Å². The van der Waals surface area contributed by atoms with Gasteiger partial charge in [-0.15, -0.1) is 5.10 Å². The van der Waals surface area contributed by atoms with Crippen LogP contribution in [0.4, 0.5) is 11.5 Å². The minimum atomic E-state index is -0.355. The fourth-order valence-electron chi connectivity index (χ4n) is 1.58. The summed E-state index contributed by atoms with van der Waals surface area (Å²) in [6.07, 6.45) is 2.38. The standard InChI is InChI=1S/C12H16N6O/c1-4-9-15-10(17-16-9)12(19)14-8-6-5-7-13-11(8)18(2)3/h5-7H,4H2,1-3H3,(H,14,19)(H,15,16,17). The first-order valence-electron chi connectivity index (χ1n) is 5.96. The minimum Gasteiger partial charge on any atom is -0.361 e. The van der Waals surface area contributed by atoms with Crippen molar-refractivity contribution in [3.8, 4) is 0 Å². The van der Waals surface area contributed by atoms with Crippen LogP contribution in [0.1, 0.15) is 23.4 Å². The maximum atomic E-state index is 12.0. The van der Waals surface area contributed by atoms with Crippen LogP contribution in [-0.2, 0) is 6.42 Å². The maximum Gasteiger partial charge on any atom is 0.295 e. The summed E-state index contributed by atoms with van der Waals surface area (Å²) in [5.74, 6) is 1.14. The number of carbonyl (C=O) groups excluding carboxylic acids is 1. The Labute approximate surface area is 111 Å². The molecule has 1 amide bonds. The Hall–Kier alpha value is -2.44. The van der Waals surface area contributed by atoms with Crippen LogP contribution in [0.3, 0.4) is 0 Å². The highest BCUT2D eigenvalue weighted by molar-refractivity contribution is 6.03. The zero-order chi connectivity index (χ0) is 13.8. The summed E-state index contributed by atoms with van der Waals surface area (Å²) in [4.78, 5) is 22.1. The van der Waals surface area contributed by atoms with Gasteiger partial charge in [0, 0.05) is 26.7 Å². The van der Waals surface area contributed by atoms with Crippen LogP contribution in [0.15, 0.2) is 18.3 Å². The second-order valence-corrected chi connectivity index (χ2v) is 4.18. The summed E-state index contributed by atoms with van der Waals surface area (Å²) in [6, 6.07) is 3.55. The molecule has 0 spiro atoms. The molecule has 0 aliphatic rings. The largest absolute Gasteiger partial charge is 0.361 e. The molecule has 0 aromatic carbocycles. The van der Waals surface area contributed by atoms with E-state index in [9.17, 15) is 4.79 Å². The second-order valence-electron chi connectivity index (χ2n) is 4.18. The lowest BCUT2D eigenvalue weighted by Crippen LogP contribution is -2.18. The Bertz CT molecular complexity index is 577. The number of rotatable bonds is 4. The number of nitrogens with zero attached hydrogens (tertiary/aromatic N) is 4. The topological polar surface area (TPSA) is 86.8 Å². The predicted octanol–water partition coefficient (Wildman–Crippen LogP) is 1.08. The Balaban J connectivity index is 2.19. The molecular formula is C12H16N6O. The average Bonchev–Trinajstić information content (AvgIpc) is 2.88. The maximum absolute atomic E-state index is 12.0. The van der Waals surface area contributed by atoms with Gasteiger partial charge in [-0.25, -0.2) is 9.97 Å². The number of hydrogen-bond donors (Lipinski definition) is 2. The molecule has 2 heterocycles. The van der Waals surface area contributed by atoms with Crippen molar-refractivity contribution in [1.29, 1.82) is 0 Å². The molecule has 0 bridgehead atoms. The van der Waals surface area contributed by atoms with E-state index < -0.39 is 0 Å². The third kappa shape index (κ3) is 2.87. The van der Waals surface area contributed by atoms with E-state index in [1.165, 1.54) is 0 Å². The van der Waals surface area contributed by atoms with E-state index in [4.69, 9.17) is 0 Å². The van der Waals surface area contributed by atoms with Crippen LogP contribution in [0, 0.1) is 0 Å². The lowest BCUT2D eigenvalue weighted by Gasteiger charge is -2.15. The zero-order valence-electron chi connectivity index (χ0n) is 11.1. The van der Waals surface area contributed by atoms with Crippen LogP contribution < -0.4 is 10.2 Å². The van der Waals surface area contributed by atoms with Crippen molar-refractivity contribution in [2.75, 3.05) is 24.3 Å². The van der Waals surface area contributed by atoms with Crippen LogP contribution in [-0.4, -0.2) is 40.2 Å². The first kappa shape index (κ1) is 13.0. The van der Waals surface area contributed by atoms with Crippen molar-refractivity contribution < 1.29 is 4.79 Å². The first-order chi connectivity index (χ1) is 9.11. The molecule has 19 heavy (non-hydrogen) atoms. The van der Waals surface area contributed by atoms with Gasteiger partial charge in [-0.3, -0.25) is 9.89 Å². The normalized spacial score (nSPS) is 10.3. The first-order valence-corrected chi connectivity index (χ1v) is 5.96. The SMILES string of the molecule is CCc1nc(C(=O)Nc2cccnc2N(C)C)n[nH]1. The van der Waals surface area contributed by atoms with Crippen LogP contribution >= 0.6 is 0 Å². The van der Waals surface area contributed by atoms with Gasteiger partial charge in [0.05, 0.1) is 5.69 Å². The molecule has 2 aromatic heterocycles. The Kier molecular flexibility index (Phi) is 3.74. The molecule has 0 radical (unpaired) electrons. The summed E-state index contributed by atoms with van der Waals surface area (Å²) >= 11 is 0. The summed E-state index contributed by atoms with van der Waals surface area (Å²) in [6.45, 7) is 1.94. The number of aromatic nitrogens is 4. The molecule has 2 N–H and O–H groups in total. The third-order valence-electron chi connectivity index (χ3n) is 2.53. The molecule has 0 aliphatic heterocycles. The Morgan fingerprint density at radius 3 is 2.89 bits per heavy atom. The fraction of sp³-hybridized carbons (Fsp3) is 0.333. The molecule has 0 saturated carbocycles. The predicted molar refractivity (Wildman–Crippen MR) is 72.3 cm³/mol. The van der Waals surface area contributed by atoms with Gasteiger partial charge in [0.1, 0.15) is 5.82 Å². The summed E-state index contributed by atoms with van der Waals surface area (Å²) < 4.78 is 0. The molecule has 0 unspecified atom stereocenters. The van der Waals surface area contributed by atoms with Gasteiger partial charge in [-0.2, -0.15) is 0 Å². The molecule has 2 aromatic rings. The number of aromatic amines is 1. The van der Waals surface area contributed by atoms with Gasteiger partial charge in [-0.1, -0.05) is 6.92 Å². The van der Waals surface area contributed by atoms with Gasteiger partial charge in [0.25, 0.3) is 5.91 Å². The average molecular weight is 260 g/mol. The molecule has 0 saturated heterocycles. The van der Waals surface area contributed by atoms with Gasteiger partial charge in [0.15, 0.2) is 5.82 Å². The van der Waals surface area contributed by atoms with Gasteiger partial charge < -0.3 is 10.2 Å². The number of aryl methyl sites for hydroxylation is 1. The Morgan fingerprint density at radius 2 is 2.26 bits per heavy atom. The molecular weight excluding hydrogens is 244 g/mol. The number of nitrogens with one attached hydrogen (secondary N) is 2. The molecule has 100 valence electrons. The molecule has 2 rings (SSSR count). The van der Waals surface area contributed by atoms with Crippen molar-refractivity contribution in [2.45, 2.75) is 13.3 Å². The van der Waals surface area contributed by atoms with Gasteiger partial charge in [0.2, 0.25) is 5.82 Å². The number of amides is 1.